The second kappa shape index (κ2) is 3.88. The molecule has 1 N–H and O–H groups in total. The van der Waals surface area contributed by atoms with Gasteiger partial charge in [-0.25, -0.2) is 9.78 Å². The Hall–Kier alpha value is -2.23. The molecule has 0 aliphatic heterocycles. The SMILES string of the molecule is O=C(O)C=Cc1ccc2ncccc2n1. The molecular formula is C11H8N2O2. The van der Waals surface area contributed by atoms with Gasteiger partial charge >= 0.3 is 5.97 Å². The maximum atomic E-state index is 10.3. The van der Waals surface area contributed by atoms with E-state index < -0.39 is 5.97 Å². The topological polar surface area (TPSA) is 63.1 Å². The second-order valence-electron chi connectivity index (χ2n) is 2.95. The standard InChI is InChI=1S/C11H8N2O2/c14-11(15)6-4-8-3-5-9-10(13-8)2-1-7-12-9/h1-7H,(H,14,15). The zero-order chi connectivity index (χ0) is 10.7. The van der Waals surface area contributed by atoms with Gasteiger partial charge in [0.1, 0.15) is 0 Å². The molecule has 0 aliphatic rings. The molecule has 0 saturated heterocycles. The minimum Gasteiger partial charge on any atom is -0.478 e. The Morgan fingerprint density at radius 1 is 1.27 bits per heavy atom. The molecule has 0 fully saturated rings. The number of fused-ring (bicyclic) bond motifs is 1. The third kappa shape index (κ3) is 2.17. The summed E-state index contributed by atoms with van der Waals surface area (Å²) in [5.74, 6) is -0.983. The summed E-state index contributed by atoms with van der Waals surface area (Å²) in [6.07, 6.45) is 4.20. The first-order valence-corrected chi connectivity index (χ1v) is 4.38. The van der Waals surface area contributed by atoms with E-state index in [-0.39, 0.29) is 0 Å². The summed E-state index contributed by atoms with van der Waals surface area (Å²) >= 11 is 0. The van der Waals surface area contributed by atoms with Gasteiger partial charge in [-0.3, -0.25) is 4.98 Å². The van der Waals surface area contributed by atoms with Crippen molar-refractivity contribution >= 4 is 23.1 Å². The molecule has 0 amide bonds. The van der Waals surface area contributed by atoms with Gasteiger partial charge in [-0.1, -0.05) is 0 Å². The van der Waals surface area contributed by atoms with Gasteiger partial charge in [0.05, 0.1) is 16.7 Å². The van der Waals surface area contributed by atoms with Gasteiger partial charge in [-0.05, 0) is 30.3 Å². The van der Waals surface area contributed by atoms with E-state index >= 15 is 0 Å². The van der Waals surface area contributed by atoms with E-state index in [1.807, 2.05) is 12.1 Å². The van der Waals surface area contributed by atoms with Gasteiger partial charge in [0.25, 0.3) is 0 Å². The monoisotopic (exact) mass is 200 g/mol. The first-order chi connectivity index (χ1) is 7.25. The van der Waals surface area contributed by atoms with Crippen LogP contribution in [0, 0.1) is 0 Å². The Bertz CT molecular complexity index is 535. The summed E-state index contributed by atoms with van der Waals surface area (Å²) in [7, 11) is 0. The van der Waals surface area contributed by atoms with Crippen LogP contribution in [-0.2, 0) is 4.79 Å². The van der Waals surface area contributed by atoms with E-state index in [9.17, 15) is 4.79 Å². The third-order valence-corrected chi connectivity index (χ3v) is 1.87. The molecule has 2 aromatic rings. The maximum absolute atomic E-state index is 10.3. The van der Waals surface area contributed by atoms with Gasteiger partial charge < -0.3 is 5.11 Å². The molecule has 0 saturated carbocycles. The zero-order valence-corrected chi connectivity index (χ0v) is 7.79. The summed E-state index contributed by atoms with van der Waals surface area (Å²) in [5.41, 5.74) is 2.16. The van der Waals surface area contributed by atoms with Crippen molar-refractivity contribution in [3.63, 3.8) is 0 Å². The molecular weight excluding hydrogens is 192 g/mol. The number of rotatable bonds is 2. The number of pyridine rings is 2. The Balaban J connectivity index is 2.43. The first-order valence-electron chi connectivity index (χ1n) is 4.38. The highest BCUT2D eigenvalue weighted by Gasteiger charge is 1.96. The molecule has 74 valence electrons. The Labute approximate surface area is 85.9 Å². The van der Waals surface area contributed by atoms with Crippen LogP contribution in [0.15, 0.2) is 36.5 Å². The molecule has 0 unspecified atom stereocenters. The summed E-state index contributed by atoms with van der Waals surface area (Å²) in [4.78, 5) is 18.7. The Morgan fingerprint density at radius 3 is 2.93 bits per heavy atom. The lowest BCUT2D eigenvalue weighted by atomic mass is 10.2. The fourth-order valence-corrected chi connectivity index (χ4v) is 1.22. The number of hydrogen-bond acceptors (Lipinski definition) is 3. The maximum Gasteiger partial charge on any atom is 0.328 e. The molecule has 0 atom stereocenters. The Kier molecular flexibility index (Phi) is 2.41. The van der Waals surface area contributed by atoms with E-state index in [4.69, 9.17) is 5.11 Å². The summed E-state index contributed by atoms with van der Waals surface area (Å²) < 4.78 is 0. The van der Waals surface area contributed by atoms with Gasteiger partial charge in [-0.15, -0.1) is 0 Å². The van der Waals surface area contributed by atoms with Crippen LogP contribution >= 0.6 is 0 Å². The fourth-order valence-electron chi connectivity index (χ4n) is 1.22. The molecule has 4 heteroatoms. The lowest BCUT2D eigenvalue weighted by Gasteiger charge is -1.96. The van der Waals surface area contributed by atoms with Crippen LogP contribution in [0.4, 0.5) is 0 Å². The van der Waals surface area contributed by atoms with Crippen molar-refractivity contribution in [3.8, 4) is 0 Å². The number of aromatic nitrogens is 2. The van der Waals surface area contributed by atoms with Crippen LogP contribution in [0.2, 0.25) is 0 Å². The first kappa shape index (κ1) is 9.33. The second-order valence-corrected chi connectivity index (χ2v) is 2.95. The van der Waals surface area contributed by atoms with Crippen molar-refractivity contribution in [2.45, 2.75) is 0 Å². The van der Waals surface area contributed by atoms with Gasteiger partial charge in [0, 0.05) is 12.3 Å². The smallest absolute Gasteiger partial charge is 0.328 e. The van der Waals surface area contributed by atoms with Crippen molar-refractivity contribution in [1.29, 1.82) is 0 Å². The van der Waals surface area contributed by atoms with Crippen LogP contribution in [0.3, 0.4) is 0 Å². The molecule has 2 rings (SSSR count). The van der Waals surface area contributed by atoms with Crippen LogP contribution in [-0.4, -0.2) is 21.0 Å². The largest absolute Gasteiger partial charge is 0.478 e. The molecule has 2 heterocycles. The minimum atomic E-state index is -0.983. The highest BCUT2D eigenvalue weighted by molar-refractivity contribution is 5.85. The molecule has 0 bridgehead atoms. The highest BCUT2D eigenvalue weighted by Crippen LogP contribution is 2.09. The number of nitrogens with zero attached hydrogens (tertiary/aromatic N) is 2. The van der Waals surface area contributed by atoms with Crippen molar-refractivity contribution in [2.75, 3.05) is 0 Å². The predicted molar refractivity (Wildman–Crippen MR) is 56.2 cm³/mol. The lowest BCUT2D eigenvalue weighted by molar-refractivity contribution is -0.131. The van der Waals surface area contributed by atoms with E-state index in [1.54, 1.807) is 18.3 Å². The van der Waals surface area contributed by atoms with Gasteiger partial charge in [0.2, 0.25) is 0 Å². The molecule has 0 spiro atoms. The number of carboxylic acid groups (broad SMARTS) is 1. The average Bonchev–Trinajstić information content (AvgIpc) is 2.26. The molecule has 15 heavy (non-hydrogen) atoms. The normalized spacial score (nSPS) is 10.9. The van der Waals surface area contributed by atoms with Crippen LogP contribution < -0.4 is 0 Å². The van der Waals surface area contributed by atoms with E-state index in [0.29, 0.717) is 5.69 Å². The molecule has 0 aromatic carbocycles. The number of carboxylic acids is 1. The van der Waals surface area contributed by atoms with E-state index in [0.717, 1.165) is 17.1 Å². The van der Waals surface area contributed by atoms with Crippen LogP contribution in [0.25, 0.3) is 17.1 Å². The minimum absolute atomic E-state index is 0.609. The van der Waals surface area contributed by atoms with Crippen molar-refractivity contribution in [3.05, 3.63) is 42.2 Å². The highest BCUT2D eigenvalue weighted by atomic mass is 16.4. The van der Waals surface area contributed by atoms with Gasteiger partial charge in [0.15, 0.2) is 0 Å². The van der Waals surface area contributed by atoms with Crippen molar-refractivity contribution in [2.24, 2.45) is 0 Å². The lowest BCUT2D eigenvalue weighted by Crippen LogP contribution is -1.88. The molecule has 0 aliphatic carbocycles. The zero-order valence-electron chi connectivity index (χ0n) is 7.79. The number of aliphatic carboxylic acids is 1. The Morgan fingerprint density at radius 2 is 2.13 bits per heavy atom. The van der Waals surface area contributed by atoms with Gasteiger partial charge in [-0.2, -0.15) is 0 Å². The third-order valence-electron chi connectivity index (χ3n) is 1.87. The van der Waals surface area contributed by atoms with E-state index in [1.165, 1.54) is 6.08 Å². The van der Waals surface area contributed by atoms with Crippen LogP contribution in [0.1, 0.15) is 5.69 Å². The molecule has 0 radical (unpaired) electrons. The predicted octanol–water partition coefficient (Wildman–Crippen LogP) is 1.73. The summed E-state index contributed by atoms with van der Waals surface area (Å²) in [6.45, 7) is 0. The number of hydrogen-bond donors (Lipinski definition) is 1. The average molecular weight is 200 g/mol. The molecule has 2 aromatic heterocycles. The van der Waals surface area contributed by atoms with E-state index in [2.05, 4.69) is 9.97 Å². The summed E-state index contributed by atoms with van der Waals surface area (Å²) in [5, 5.41) is 8.46. The molecule has 4 nitrogen and oxygen atoms in total. The number of carbonyl (C=O) groups is 1. The fraction of sp³-hybridized carbons (Fsp3) is 0. The van der Waals surface area contributed by atoms with Crippen molar-refractivity contribution < 1.29 is 9.90 Å². The quantitative estimate of drug-likeness (QED) is 0.750. The summed E-state index contributed by atoms with van der Waals surface area (Å²) in [6, 6.07) is 7.17. The van der Waals surface area contributed by atoms with Crippen LogP contribution in [0.5, 0.6) is 0 Å². The van der Waals surface area contributed by atoms with Crippen molar-refractivity contribution in [1.82, 2.24) is 9.97 Å².